The van der Waals surface area contributed by atoms with Crippen LogP contribution in [0.1, 0.15) is 32.0 Å². The molecule has 4 rings (SSSR count). The third kappa shape index (κ3) is 1.53. The van der Waals surface area contributed by atoms with Crippen LogP contribution in [0.4, 0.5) is 0 Å². The Morgan fingerprint density at radius 1 is 0.913 bits per heavy atom. The Labute approximate surface area is 133 Å². The predicted molar refractivity (Wildman–Crippen MR) is 86.7 cm³/mol. The monoisotopic (exact) mass is 305 g/mol. The van der Waals surface area contributed by atoms with Gasteiger partial charge in [0.05, 0.1) is 0 Å². The number of benzene rings is 2. The third-order valence-electron chi connectivity index (χ3n) is 4.83. The zero-order chi connectivity index (χ0) is 16.4. The van der Waals surface area contributed by atoms with Gasteiger partial charge in [-0.25, -0.2) is 0 Å². The fraction of sp³-hybridized carbons (Fsp3) is 0.158. The number of nitrogens with zero attached hydrogens (tertiary/aromatic N) is 1. The molecule has 1 aromatic heterocycles. The summed E-state index contributed by atoms with van der Waals surface area (Å²) in [5, 5.41) is 11.9. The fourth-order valence-corrected chi connectivity index (χ4v) is 3.58. The first-order valence-corrected chi connectivity index (χ1v) is 7.43. The number of aromatic nitrogens is 1. The molecule has 0 saturated carbocycles. The Morgan fingerprint density at radius 3 is 2.04 bits per heavy atom. The van der Waals surface area contributed by atoms with Gasteiger partial charge >= 0.3 is 0 Å². The van der Waals surface area contributed by atoms with Crippen molar-refractivity contribution in [1.82, 2.24) is 4.57 Å². The molecule has 1 N–H and O–H groups in total. The molecule has 0 radical (unpaired) electrons. The van der Waals surface area contributed by atoms with E-state index in [0.717, 1.165) is 10.9 Å². The van der Waals surface area contributed by atoms with E-state index < -0.39 is 17.2 Å². The van der Waals surface area contributed by atoms with Gasteiger partial charge in [-0.15, -0.1) is 0 Å². The average Bonchev–Trinajstić information content (AvgIpc) is 2.94. The Balaban J connectivity index is 2.08. The van der Waals surface area contributed by atoms with Gasteiger partial charge in [0.15, 0.2) is 0 Å². The molecular formula is C19H15NO3. The van der Waals surface area contributed by atoms with Gasteiger partial charge < -0.3 is 9.67 Å². The zero-order valence-corrected chi connectivity index (χ0v) is 12.8. The predicted octanol–water partition coefficient (Wildman–Crippen LogP) is 2.75. The SMILES string of the molecule is Cc1c(C2(O)C(=O)c3ccccc3C2=O)c2ccccc2n1C. The van der Waals surface area contributed by atoms with Crippen LogP contribution in [-0.2, 0) is 12.6 Å². The third-order valence-corrected chi connectivity index (χ3v) is 4.83. The molecule has 23 heavy (non-hydrogen) atoms. The van der Waals surface area contributed by atoms with Crippen molar-refractivity contribution >= 4 is 22.5 Å². The molecule has 0 unspecified atom stereocenters. The molecule has 1 heterocycles. The van der Waals surface area contributed by atoms with Crippen LogP contribution >= 0.6 is 0 Å². The normalized spacial score (nSPS) is 16.1. The van der Waals surface area contributed by atoms with E-state index in [9.17, 15) is 14.7 Å². The van der Waals surface area contributed by atoms with Crippen molar-refractivity contribution in [1.29, 1.82) is 0 Å². The lowest BCUT2D eigenvalue weighted by atomic mass is 9.86. The van der Waals surface area contributed by atoms with Crippen molar-refractivity contribution < 1.29 is 14.7 Å². The van der Waals surface area contributed by atoms with Crippen LogP contribution < -0.4 is 0 Å². The molecule has 0 saturated heterocycles. The van der Waals surface area contributed by atoms with Crippen LogP contribution in [0.3, 0.4) is 0 Å². The quantitative estimate of drug-likeness (QED) is 0.703. The summed E-state index contributed by atoms with van der Waals surface area (Å²) >= 11 is 0. The summed E-state index contributed by atoms with van der Waals surface area (Å²) in [6.07, 6.45) is 0. The summed E-state index contributed by atoms with van der Waals surface area (Å²) in [5.74, 6) is -1.09. The summed E-state index contributed by atoms with van der Waals surface area (Å²) in [5.41, 5.74) is 0.406. The number of carbonyl (C=O) groups excluding carboxylic acids is 2. The van der Waals surface area contributed by atoms with Gasteiger partial charge in [0.1, 0.15) is 0 Å². The standard InChI is InChI=1S/C19H15NO3/c1-11-16(14-9-5-6-10-15(14)20(11)2)19(23)17(21)12-7-3-4-8-13(12)18(19)22/h3-10,23H,1-2H3. The highest BCUT2D eigenvalue weighted by Gasteiger charge is 2.55. The average molecular weight is 305 g/mol. The molecule has 0 spiro atoms. The number of aliphatic hydroxyl groups is 1. The summed E-state index contributed by atoms with van der Waals surface area (Å²) in [7, 11) is 1.86. The van der Waals surface area contributed by atoms with E-state index in [1.165, 1.54) is 0 Å². The minimum absolute atomic E-state index is 0.285. The number of Topliss-reactive ketones (excluding diaryl/α,β-unsaturated/α-hetero) is 2. The highest BCUT2D eigenvalue weighted by Crippen LogP contribution is 2.42. The van der Waals surface area contributed by atoms with Crippen molar-refractivity contribution in [2.75, 3.05) is 0 Å². The first-order chi connectivity index (χ1) is 11.0. The summed E-state index contributed by atoms with van der Waals surface area (Å²) < 4.78 is 1.90. The second-order valence-electron chi connectivity index (χ2n) is 5.95. The summed E-state index contributed by atoms with van der Waals surface area (Å²) in [6, 6.07) is 14.1. The van der Waals surface area contributed by atoms with Crippen molar-refractivity contribution in [3.8, 4) is 0 Å². The molecule has 0 aliphatic heterocycles. The molecule has 1 aliphatic rings. The number of ketones is 2. The molecule has 1 aliphatic carbocycles. The van der Waals surface area contributed by atoms with Crippen LogP contribution in [0, 0.1) is 6.92 Å². The number of hydrogen-bond acceptors (Lipinski definition) is 3. The topological polar surface area (TPSA) is 59.3 Å². The molecule has 0 atom stereocenters. The van der Waals surface area contributed by atoms with E-state index >= 15 is 0 Å². The van der Waals surface area contributed by atoms with Crippen LogP contribution in [-0.4, -0.2) is 21.2 Å². The van der Waals surface area contributed by atoms with Gasteiger partial charge in [0.25, 0.3) is 0 Å². The first kappa shape index (κ1) is 13.9. The Kier molecular flexibility index (Phi) is 2.66. The maximum Gasteiger partial charge on any atom is 0.218 e. The van der Waals surface area contributed by atoms with E-state index in [1.807, 2.05) is 42.8 Å². The smallest absolute Gasteiger partial charge is 0.218 e. The van der Waals surface area contributed by atoms with Gasteiger partial charge in [-0.3, -0.25) is 9.59 Å². The van der Waals surface area contributed by atoms with Crippen LogP contribution in [0.25, 0.3) is 10.9 Å². The molecular weight excluding hydrogens is 290 g/mol. The van der Waals surface area contributed by atoms with Crippen LogP contribution in [0.2, 0.25) is 0 Å². The summed E-state index contributed by atoms with van der Waals surface area (Å²) in [6.45, 7) is 1.82. The van der Waals surface area contributed by atoms with Crippen molar-refractivity contribution in [3.05, 3.63) is 70.9 Å². The van der Waals surface area contributed by atoms with Crippen LogP contribution in [0.5, 0.6) is 0 Å². The second kappa shape index (κ2) is 4.40. The van der Waals surface area contributed by atoms with Crippen molar-refractivity contribution in [2.24, 2.45) is 7.05 Å². The maximum absolute atomic E-state index is 12.9. The number of aryl methyl sites for hydroxylation is 1. The van der Waals surface area contributed by atoms with Crippen molar-refractivity contribution in [3.63, 3.8) is 0 Å². The maximum atomic E-state index is 12.9. The van der Waals surface area contributed by atoms with E-state index in [0.29, 0.717) is 11.3 Å². The molecule has 4 nitrogen and oxygen atoms in total. The Hall–Kier alpha value is -2.72. The highest BCUT2D eigenvalue weighted by atomic mass is 16.3. The van der Waals surface area contributed by atoms with E-state index in [4.69, 9.17) is 0 Å². The first-order valence-electron chi connectivity index (χ1n) is 7.43. The lowest BCUT2D eigenvalue weighted by Gasteiger charge is -2.20. The number of rotatable bonds is 1. The molecule has 4 heteroatoms. The minimum Gasteiger partial charge on any atom is -0.370 e. The van der Waals surface area contributed by atoms with Gasteiger partial charge in [-0.1, -0.05) is 42.5 Å². The lowest BCUT2D eigenvalue weighted by molar-refractivity contribution is 0.0323. The summed E-state index contributed by atoms with van der Waals surface area (Å²) in [4.78, 5) is 25.7. The Morgan fingerprint density at radius 2 is 1.43 bits per heavy atom. The lowest BCUT2D eigenvalue weighted by Crippen LogP contribution is -2.38. The highest BCUT2D eigenvalue weighted by molar-refractivity contribution is 6.32. The minimum atomic E-state index is -2.14. The number of hydrogen-bond donors (Lipinski definition) is 1. The molecule has 0 bridgehead atoms. The van der Waals surface area contributed by atoms with E-state index in [-0.39, 0.29) is 11.1 Å². The van der Waals surface area contributed by atoms with Gasteiger partial charge in [-0.2, -0.15) is 0 Å². The van der Waals surface area contributed by atoms with E-state index in [1.54, 1.807) is 24.3 Å². The van der Waals surface area contributed by atoms with Gasteiger partial charge in [-0.05, 0) is 13.0 Å². The second-order valence-corrected chi connectivity index (χ2v) is 5.95. The molecule has 3 aromatic rings. The van der Waals surface area contributed by atoms with E-state index in [2.05, 4.69) is 0 Å². The van der Waals surface area contributed by atoms with Crippen LogP contribution in [0.15, 0.2) is 48.5 Å². The Bertz CT molecular complexity index is 962. The van der Waals surface area contributed by atoms with Gasteiger partial charge in [0.2, 0.25) is 17.2 Å². The largest absolute Gasteiger partial charge is 0.370 e. The van der Waals surface area contributed by atoms with Crippen molar-refractivity contribution in [2.45, 2.75) is 12.5 Å². The number of para-hydroxylation sites is 1. The molecule has 114 valence electrons. The molecule has 0 amide bonds. The molecule has 2 aromatic carbocycles. The fourth-order valence-electron chi connectivity index (χ4n) is 3.58. The molecule has 0 fully saturated rings. The number of fused-ring (bicyclic) bond motifs is 2. The number of carbonyl (C=O) groups is 2. The zero-order valence-electron chi connectivity index (χ0n) is 12.8. The van der Waals surface area contributed by atoms with Gasteiger partial charge in [0, 0.05) is 40.3 Å².